The van der Waals surface area contributed by atoms with Crippen molar-refractivity contribution < 1.29 is 30.8 Å². The molecule has 1 atom stereocenters. The third kappa shape index (κ3) is 5.06. The third-order valence-corrected chi connectivity index (χ3v) is 12.4. The molecule has 13 heteroatoms. The van der Waals surface area contributed by atoms with Gasteiger partial charge in [0.05, 0.1) is 18.7 Å². The lowest BCUT2D eigenvalue weighted by Crippen LogP contribution is -2.24. The zero-order valence-corrected chi connectivity index (χ0v) is 22.8. The van der Waals surface area contributed by atoms with Gasteiger partial charge in [0.15, 0.2) is 37.4 Å². The van der Waals surface area contributed by atoms with Gasteiger partial charge in [-0.05, 0) is 68.7 Å². The second kappa shape index (κ2) is 9.05. The molecule has 0 fully saturated rings. The Bertz CT molecular complexity index is 1290. The normalized spacial score (nSPS) is 18.8. The molecule has 2 heterocycles. The van der Waals surface area contributed by atoms with Crippen molar-refractivity contribution >= 4 is 85.8 Å². The minimum atomic E-state index is -3.48. The third-order valence-electron chi connectivity index (χ3n) is 4.81. The maximum Gasteiger partial charge on any atom is 0.199 e. The van der Waals surface area contributed by atoms with E-state index in [1.54, 1.807) is 0 Å². The molecule has 0 aromatic carbocycles. The number of hydrogen-bond acceptors (Lipinski definition) is 8. The first-order chi connectivity index (χ1) is 14.2. The van der Waals surface area contributed by atoms with Crippen LogP contribution in [0.25, 0.3) is 0 Å². The van der Waals surface area contributed by atoms with Crippen LogP contribution in [0.5, 0.6) is 0 Å². The van der Waals surface area contributed by atoms with E-state index in [-0.39, 0.29) is 26.2 Å². The standard InChI is InChI=1S/C9H8BrFO3S2.C9H9BrO3S2/c1-16(13,14)9-6-4(8(10)15-9)2-3-5(11)7(6)12;1-15(12,13)9-7-5(8(10)14-9)3-2-4-6(7)11/h5H,2-3H2,1H3;2-4H2,1H3. The first-order valence-corrected chi connectivity index (χ1v) is 16.0. The zero-order chi connectivity index (χ0) is 23.3. The van der Waals surface area contributed by atoms with Gasteiger partial charge in [-0.2, -0.15) is 0 Å². The van der Waals surface area contributed by atoms with Crippen molar-refractivity contribution in [2.45, 2.75) is 46.7 Å². The van der Waals surface area contributed by atoms with E-state index in [0.29, 0.717) is 27.8 Å². The molecule has 0 amide bonds. The molecule has 1 unspecified atom stereocenters. The predicted molar refractivity (Wildman–Crippen MR) is 125 cm³/mol. The van der Waals surface area contributed by atoms with Gasteiger partial charge in [-0.15, -0.1) is 22.7 Å². The lowest BCUT2D eigenvalue weighted by Gasteiger charge is -2.15. The molecule has 31 heavy (non-hydrogen) atoms. The fourth-order valence-corrected chi connectivity index (χ4v) is 10.4. The minimum Gasteiger partial charge on any atom is -0.294 e. The molecule has 0 N–H and O–H groups in total. The molecule has 0 radical (unpaired) electrons. The van der Waals surface area contributed by atoms with Crippen molar-refractivity contribution in [1.29, 1.82) is 0 Å². The van der Waals surface area contributed by atoms with Crippen molar-refractivity contribution in [3.05, 3.63) is 29.8 Å². The summed E-state index contributed by atoms with van der Waals surface area (Å²) in [5, 5.41) is 0. The molecule has 170 valence electrons. The van der Waals surface area contributed by atoms with Crippen LogP contribution in [-0.2, 0) is 32.5 Å². The smallest absolute Gasteiger partial charge is 0.199 e. The Morgan fingerprint density at radius 3 is 1.84 bits per heavy atom. The lowest BCUT2D eigenvalue weighted by molar-refractivity contribution is 0.0853. The average Bonchev–Trinajstić information content (AvgIpc) is 3.18. The average molecular weight is 636 g/mol. The molecule has 2 aromatic rings. The van der Waals surface area contributed by atoms with Crippen LogP contribution >= 0.6 is 54.5 Å². The van der Waals surface area contributed by atoms with E-state index in [1.807, 2.05) is 0 Å². The van der Waals surface area contributed by atoms with Crippen LogP contribution in [0.3, 0.4) is 0 Å². The second-order valence-electron chi connectivity index (χ2n) is 7.23. The van der Waals surface area contributed by atoms with E-state index >= 15 is 0 Å². The van der Waals surface area contributed by atoms with Gasteiger partial charge >= 0.3 is 0 Å². The number of thiophene rings is 2. The summed E-state index contributed by atoms with van der Waals surface area (Å²) < 4.78 is 60.8. The van der Waals surface area contributed by atoms with Gasteiger partial charge in [0.25, 0.3) is 0 Å². The van der Waals surface area contributed by atoms with Gasteiger partial charge in [-0.3, -0.25) is 9.59 Å². The highest BCUT2D eigenvalue weighted by Gasteiger charge is 2.35. The van der Waals surface area contributed by atoms with E-state index in [4.69, 9.17) is 0 Å². The Morgan fingerprint density at radius 2 is 1.32 bits per heavy atom. The van der Waals surface area contributed by atoms with Crippen LogP contribution in [0, 0.1) is 0 Å². The molecule has 2 aliphatic rings. The Labute approximate surface area is 204 Å². The molecular weight excluding hydrogens is 619 g/mol. The van der Waals surface area contributed by atoms with Crippen molar-refractivity contribution in [2.75, 3.05) is 12.5 Å². The summed E-state index contributed by atoms with van der Waals surface area (Å²) in [7, 11) is -6.77. The van der Waals surface area contributed by atoms with Crippen LogP contribution in [-0.4, -0.2) is 47.1 Å². The minimum absolute atomic E-state index is 0.0262. The summed E-state index contributed by atoms with van der Waals surface area (Å²) in [6, 6.07) is 0. The Morgan fingerprint density at radius 1 is 0.839 bits per heavy atom. The van der Waals surface area contributed by atoms with Crippen LogP contribution in [0.4, 0.5) is 4.39 Å². The number of ketones is 2. The summed E-state index contributed by atoms with van der Waals surface area (Å²) >= 11 is 8.68. The van der Waals surface area contributed by atoms with Gasteiger partial charge in [-0.1, -0.05) is 0 Å². The number of hydrogen-bond donors (Lipinski definition) is 0. The summed E-state index contributed by atoms with van der Waals surface area (Å²) in [6.07, 6.45) is 3.18. The van der Waals surface area contributed by atoms with E-state index in [0.717, 1.165) is 57.4 Å². The topological polar surface area (TPSA) is 102 Å². The van der Waals surface area contributed by atoms with Crippen molar-refractivity contribution in [3.8, 4) is 0 Å². The first kappa shape index (κ1) is 25.2. The fraction of sp³-hybridized carbons (Fsp3) is 0.444. The Balaban J connectivity index is 0.000000176. The number of carbonyl (C=O) groups excluding carboxylic acids is 2. The molecule has 0 saturated heterocycles. The molecular formula is C18H17Br2FO6S4. The van der Waals surface area contributed by atoms with Crippen molar-refractivity contribution in [2.24, 2.45) is 0 Å². The fourth-order valence-electron chi connectivity index (χ4n) is 3.44. The lowest BCUT2D eigenvalue weighted by atomic mass is 9.93. The predicted octanol–water partition coefficient (Wildman–Crippen LogP) is 4.81. The summed E-state index contributed by atoms with van der Waals surface area (Å²) in [5.41, 5.74) is 1.99. The number of Topliss-reactive ketones (excluding diaryl/α,β-unsaturated/α-hetero) is 2. The van der Waals surface area contributed by atoms with Gasteiger partial charge in [0.2, 0.25) is 0 Å². The number of fused-ring (bicyclic) bond motifs is 2. The molecule has 0 aliphatic heterocycles. The Hall–Kier alpha value is -0.470. The maximum absolute atomic E-state index is 13.3. The monoisotopic (exact) mass is 634 g/mol. The van der Waals surface area contributed by atoms with Crippen molar-refractivity contribution in [1.82, 2.24) is 0 Å². The van der Waals surface area contributed by atoms with Gasteiger partial charge in [0.1, 0.15) is 8.42 Å². The van der Waals surface area contributed by atoms with Gasteiger partial charge in [0, 0.05) is 18.9 Å². The largest absolute Gasteiger partial charge is 0.294 e. The summed E-state index contributed by atoms with van der Waals surface area (Å²) in [6.45, 7) is 0. The molecule has 2 aromatic heterocycles. The zero-order valence-electron chi connectivity index (χ0n) is 16.3. The van der Waals surface area contributed by atoms with Crippen LogP contribution < -0.4 is 0 Å². The van der Waals surface area contributed by atoms with Crippen LogP contribution in [0.15, 0.2) is 16.0 Å². The summed E-state index contributed by atoms with van der Waals surface area (Å²) in [5.74, 6) is -0.748. The number of sulfone groups is 2. The van der Waals surface area contributed by atoms with E-state index in [2.05, 4.69) is 31.9 Å². The van der Waals surface area contributed by atoms with Gasteiger partial charge in [-0.25, -0.2) is 21.2 Å². The molecule has 0 bridgehead atoms. The highest BCUT2D eigenvalue weighted by molar-refractivity contribution is 9.11. The van der Waals surface area contributed by atoms with E-state index in [9.17, 15) is 30.8 Å². The molecule has 0 spiro atoms. The maximum atomic E-state index is 13.3. The first-order valence-electron chi connectivity index (χ1n) is 8.97. The van der Waals surface area contributed by atoms with Crippen molar-refractivity contribution in [3.63, 3.8) is 0 Å². The molecule has 0 saturated carbocycles. The highest BCUT2D eigenvalue weighted by atomic mass is 79.9. The summed E-state index contributed by atoms with van der Waals surface area (Å²) in [4.78, 5) is 23.3. The Kier molecular flexibility index (Phi) is 7.35. The van der Waals surface area contributed by atoms with Crippen LogP contribution in [0.1, 0.15) is 51.1 Å². The quantitative estimate of drug-likeness (QED) is 0.469. The number of carbonyl (C=O) groups is 2. The highest BCUT2D eigenvalue weighted by Crippen LogP contribution is 2.41. The second-order valence-corrected chi connectivity index (χ2v) is 16.3. The number of rotatable bonds is 2. The van der Waals surface area contributed by atoms with Crippen LogP contribution in [0.2, 0.25) is 0 Å². The number of halogens is 3. The molecule has 2 aliphatic carbocycles. The van der Waals surface area contributed by atoms with Gasteiger partial charge < -0.3 is 0 Å². The SMILES string of the molecule is CS(=O)(=O)c1sc(Br)c2c1C(=O)C(F)CC2.CS(=O)(=O)c1sc(Br)c2c1C(=O)CCC2. The number of alkyl halides is 1. The van der Waals surface area contributed by atoms with E-state index < -0.39 is 31.6 Å². The van der Waals surface area contributed by atoms with E-state index in [1.165, 1.54) is 0 Å². The molecule has 6 nitrogen and oxygen atoms in total. The molecule has 4 rings (SSSR count).